The van der Waals surface area contributed by atoms with Crippen LogP contribution in [0.25, 0.3) is 0 Å². The summed E-state index contributed by atoms with van der Waals surface area (Å²) >= 11 is 0. The molecule has 0 spiro atoms. The molecule has 22 heavy (non-hydrogen) atoms. The van der Waals surface area contributed by atoms with E-state index in [1.54, 1.807) is 30.6 Å². The fraction of sp³-hybridized carbons (Fsp3) is 0.111. The van der Waals surface area contributed by atoms with E-state index in [9.17, 15) is 4.79 Å². The van der Waals surface area contributed by atoms with Crippen molar-refractivity contribution in [3.8, 4) is 11.5 Å². The number of anilines is 1. The van der Waals surface area contributed by atoms with E-state index in [-0.39, 0.29) is 5.91 Å². The van der Waals surface area contributed by atoms with Crippen LogP contribution in [0.5, 0.6) is 11.5 Å². The summed E-state index contributed by atoms with van der Waals surface area (Å²) in [5.74, 6) is 1.24. The van der Waals surface area contributed by atoms with Crippen molar-refractivity contribution in [3.05, 3.63) is 72.6 Å². The van der Waals surface area contributed by atoms with Gasteiger partial charge in [0, 0.05) is 18.0 Å². The van der Waals surface area contributed by atoms with Crippen LogP contribution in [0, 0.1) is 6.92 Å². The number of nitrogens with zero attached hydrogens (tertiary/aromatic N) is 1. The standard InChI is InChI=1S/C18H18N2O2/c1-3-4-5-8-18(21)20-15-9-10-17(14(2)12-15)22-16-7-6-11-19-13-16/h3-13H,1-2H3,(H,20,21). The lowest BCUT2D eigenvalue weighted by Gasteiger charge is -2.10. The minimum atomic E-state index is -0.168. The third-order valence-corrected chi connectivity index (χ3v) is 2.86. The zero-order valence-electron chi connectivity index (χ0n) is 12.6. The molecule has 0 aliphatic heterocycles. The van der Waals surface area contributed by atoms with Crippen molar-refractivity contribution in [2.75, 3.05) is 5.32 Å². The molecule has 4 heteroatoms. The predicted molar refractivity (Wildman–Crippen MR) is 88.1 cm³/mol. The second-order valence-corrected chi connectivity index (χ2v) is 4.65. The molecule has 0 unspecified atom stereocenters. The van der Waals surface area contributed by atoms with Gasteiger partial charge in [0.05, 0.1) is 6.20 Å². The van der Waals surface area contributed by atoms with E-state index in [0.29, 0.717) is 5.75 Å². The number of carbonyl (C=O) groups is 1. The first kappa shape index (κ1) is 15.5. The molecular weight excluding hydrogens is 276 g/mol. The summed E-state index contributed by atoms with van der Waals surface area (Å²) in [6, 6.07) is 9.16. The average molecular weight is 294 g/mol. The number of aromatic nitrogens is 1. The number of benzene rings is 1. The molecule has 0 aliphatic carbocycles. The Kier molecular flexibility index (Phi) is 5.49. The van der Waals surface area contributed by atoms with Gasteiger partial charge in [-0.2, -0.15) is 0 Å². The molecule has 2 rings (SSSR count). The van der Waals surface area contributed by atoms with Gasteiger partial charge in [-0.25, -0.2) is 0 Å². The topological polar surface area (TPSA) is 51.2 Å². The van der Waals surface area contributed by atoms with Gasteiger partial charge in [0.15, 0.2) is 0 Å². The molecule has 0 radical (unpaired) electrons. The number of ether oxygens (including phenoxy) is 1. The minimum Gasteiger partial charge on any atom is -0.455 e. The van der Waals surface area contributed by atoms with Gasteiger partial charge in [-0.1, -0.05) is 18.2 Å². The average Bonchev–Trinajstić information content (AvgIpc) is 2.51. The van der Waals surface area contributed by atoms with Crippen LogP contribution in [-0.4, -0.2) is 10.9 Å². The first-order valence-electron chi connectivity index (χ1n) is 6.98. The summed E-state index contributed by atoms with van der Waals surface area (Å²) < 4.78 is 5.75. The quantitative estimate of drug-likeness (QED) is 0.662. The lowest BCUT2D eigenvalue weighted by molar-refractivity contribution is -0.111. The van der Waals surface area contributed by atoms with Crippen LogP contribution in [0.1, 0.15) is 12.5 Å². The highest BCUT2D eigenvalue weighted by molar-refractivity contribution is 5.99. The van der Waals surface area contributed by atoms with Crippen molar-refractivity contribution < 1.29 is 9.53 Å². The molecule has 112 valence electrons. The molecule has 1 aromatic carbocycles. The maximum atomic E-state index is 11.7. The fourth-order valence-electron chi connectivity index (χ4n) is 1.81. The molecule has 1 aromatic heterocycles. The molecule has 0 saturated carbocycles. The first-order valence-corrected chi connectivity index (χ1v) is 6.98. The second-order valence-electron chi connectivity index (χ2n) is 4.65. The molecule has 4 nitrogen and oxygen atoms in total. The maximum absolute atomic E-state index is 11.7. The van der Waals surface area contributed by atoms with Gasteiger partial charge in [-0.15, -0.1) is 0 Å². The molecule has 0 aliphatic rings. The van der Waals surface area contributed by atoms with Crippen LogP contribution >= 0.6 is 0 Å². The van der Waals surface area contributed by atoms with E-state index in [2.05, 4.69) is 10.3 Å². The highest BCUT2D eigenvalue weighted by atomic mass is 16.5. The number of aryl methyl sites for hydroxylation is 1. The van der Waals surface area contributed by atoms with Crippen LogP contribution < -0.4 is 10.1 Å². The van der Waals surface area contributed by atoms with Crippen LogP contribution in [0.3, 0.4) is 0 Å². The third kappa shape index (κ3) is 4.59. The number of nitrogens with one attached hydrogen (secondary N) is 1. The third-order valence-electron chi connectivity index (χ3n) is 2.86. The van der Waals surface area contributed by atoms with Gasteiger partial charge in [-0.05, 0) is 49.7 Å². The van der Waals surface area contributed by atoms with Crippen molar-refractivity contribution in [2.45, 2.75) is 13.8 Å². The highest BCUT2D eigenvalue weighted by Crippen LogP contribution is 2.26. The number of pyridine rings is 1. The first-order chi connectivity index (χ1) is 10.7. The number of carbonyl (C=O) groups excluding carboxylic acids is 1. The SMILES string of the molecule is CC=CC=CC(=O)Nc1ccc(Oc2cccnc2)c(C)c1. The summed E-state index contributed by atoms with van der Waals surface area (Å²) in [5, 5.41) is 2.81. The summed E-state index contributed by atoms with van der Waals surface area (Å²) in [6.45, 7) is 3.82. The lowest BCUT2D eigenvalue weighted by Crippen LogP contribution is -2.07. The van der Waals surface area contributed by atoms with Crippen molar-refractivity contribution in [1.29, 1.82) is 0 Å². The Morgan fingerprint density at radius 1 is 1.27 bits per heavy atom. The van der Waals surface area contributed by atoms with E-state index in [1.165, 1.54) is 6.08 Å². The second kappa shape index (κ2) is 7.78. The number of hydrogen-bond acceptors (Lipinski definition) is 3. The van der Waals surface area contributed by atoms with Gasteiger partial charge < -0.3 is 10.1 Å². The Labute approximate surface area is 130 Å². The van der Waals surface area contributed by atoms with E-state index in [1.807, 2.05) is 44.2 Å². The van der Waals surface area contributed by atoms with Crippen molar-refractivity contribution in [3.63, 3.8) is 0 Å². The van der Waals surface area contributed by atoms with E-state index in [0.717, 1.165) is 17.0 Å². The van der Waals surface area contributed by atoms with E-state index >= 15 is 0 Å². The Morgan fingerprint density at radius 3 is 2.82 bits per heavy atom. The zero-order chi connectivity index (χ0) is 15.8. The van der Waals surface area contributed by atoms with Crippen LogP contribution in [0.2, 0.25) is 0 Å². The summed E-state index contributed by atoms with van der Waals surface area (Å²) in [6.07, 6.45) is 10.2. The monoisotopic (exact) mass is 294 g/mol. The number of hydrogen-bond donors (Lipinski definition) is 1. The van der Waals surface area contributed by atoms with Gasteiger partial charge in [0.25, 0.3) is 0 Å². The van der Waals surface area contributed by atoms with Crippen LogP contribution in [0.15, 0.2) is 67.0 Å². The molecule has 0 bridgehead atoms. The van der Waals surface area contributed by atoms with Crippen LogP contribution in [0.4, 0.5) is 5.69 Å². The lowest BCUT2D eigenvalue weighted by atomic mass is 10.2. The highest BCUT2D eigenvalue weighted by Gasteiger charge is 2.04. The summed E-state index contributed by atoms with van der Waals surface area (Å²) in [7, 11) is 0. The number of amides is 1. The predicted octanol–water partition coefficient (Wildman–Crippen LogP) is 4.25. The van der Waals surface area contributed by atoms with Gasteiger partial charge in [0.1, 0.15) is 11.5 Å². The Morgan fingerprint density at radius 2 is 2.14 bits per heavy atom. The molecule has 1 N–H and O–H groups in total. The summed E-state index contributed by atoms with van der Waals surface area (Å²) in [5.41, 5.74) is 1.66. The van der Waals surface area contributed by atoms with Crippen molar-refractivity contribution in [1.82, 2.24) is 4.98 Å². The Bertz CT molecular complexity index is 691. The molecule has 1 amide bonds. The molecular formula is C18H18N2O2. The van der Waals surface area contributed by atoms with Crippen molar-refractivity contribution >= 4 is 11.6 Å². The van der Waals surface area contributed by atoms with E-state index in [4.69, 9.17) is 4.74 Å². The van der Waals surface area contributed by atoms with Gasteiger partial charge >= 0.3 is 0 Å². The zero-order valence-corrected chi connectivity index (χ0v) is 12.6. The Hall–Kier alpha value is -2.88. The van der Waals surface area contributed by atoms with Gasteiger partial charge in [-0.3, -0.25) is 9.78 Å². The smallest absolute Gasteiger partial charge is 0.248 e. The Balaban J connectivity index is 2.05. The molecule has 0 atom stereocenters. The van der Waals surface area contributed by atoms with Crippen LogP contribution in [-0.2, 0) is 4.79 Å². The fourth-order valence-corrected chi connectivity index (χ4v) is 1.81. The molecule has 0 fully saturated rings. The number of rotatable bonds is 5. The number of allylic oxidation sites excluding steroid dienone is 3. The van der Waals surface area contributed by atoms with E-state index < -0.39 is 0 Å². The molecule has 2 aromatic rings. The van der Waals surface area contributed by atoms with Crippen molar-refractivity contribution in [2.24, 2.45) is 0 Å². The largest absolute Gasteiger partial charge is 0.455 e. The normalized spacial score (nSPS) is 11.0. The summed E-state index contributed by atoms with van der Waals surface area (Å²) in [4.78, 5) is 15.7. The minimum absolute atomic E-state index is 0.168. The maximum Gasteiger partial charge on any atom is 0.248 e. The van der Waals surface area contributed by atoms with Gasteiger partial charge in [0.2, 0.25) is 5.91 Å². The molecule has 0 saturated heterocycles. The molecule has 1 heterocycles.